The van der Waals surface area contributed by atoms with Crippen molar-refractivity contribution >= 4 is 11.6 Å². The Morgan fingerprint density at radius 2 is 2.33 bits per heavy atom. The zero-order valence-electron chi connectivity index (χ0n) is 6.63. The molecule has 0 amide bonds. The molecule has 2 heteroatoms. The van der Waals surface area contributed by atoms with Gasteiger partial charge in [-0.05, 0) is 17.7 Å². The maximum atomic E-state index is 5.78. The molecule has 0 spiro atoms. The smallest absolute Gasteiger partial charge is 0.0409 e. The van der Waals surface area contributed by atoms with Crippen LogP contribution in [0, 0.1) is 12.3 Å². The van der Waals surface area contributed by atoms with Gasteiger partial charge in [-0.25, -0.2) is 0 Å². The molecule has 1 unspecified atom stereocenters. The SMILES string of the molecule is C#CCC(N)c1cccc(Cl)c1. The maximum absolute atomic E-state index is 5.78. The van der Waals surface area contributed by atoms with Gasteiger partial charge in [0.25, 0.3) is 0 Å². The molecule has 1 nitrogen and oxygen atoms in total. The van der Waals surface area contributed by atoms with Crippen LogP contribution in [-0.4, -0.2) is 0 Å². The quantitative estimate of drug-likeness (QED) is 0.694. The Morgan fingerprint density at radius 1 is 1.58 bits per heavy atom. The zero-order valence-corrected chi connectivity index (χ0v) is 7.38. The van der Waals surface area contributed by atoms with Crippen LogP contribution in [0.2, 0.25) is 5.02 Å². The van der Waals surface area contributed by atoms with Crippen molar-refractivity contribution in [3.63, 3.8) is 0 Å². The standard InChI is InChI=1S/C10H10ClN/c1-2-4-10(12)8-5-3-6-9(11)7-8/h1,3,5-7,10H,4,12H2. The Kier molecular flexibility index (Phi) is 3.16. The molecule has 0 bridgehead atoms. The molecular formula is C10H10ClN. The first-order valence-corrected chi connectivity index (χ1v) is 4.06. The highest BCUT2D eigenvalue weighted by Crippen LogP contribution is 2.17. The van der Waals surface area contributed by atoms with E-state index in [1.165, 1.54) is 0 Å². The highest BCUT2D eigenvalue weighted by atomic mass is 35.5. The van der Waals surface area contributed by atoms with Crippen LogP contribution in [0.3, 0.4) is 0 Å². The van der Waals surface area contributed by atoms with Crippen LogP contribution in [0.1, 0.15) is 18.0 Å². The van der Waals surface area contributed by atoms with Crippen molar-refractivity contribution in [1.82, 2.24) is 0 Å². The van der Waals surface area contributed by atoms with E-state index in [1.54, 1.807) is 0 Å². The van der Waals surface area contributed by atoms with Gasteiger partial charge in [0.2, 0.25) is 0 Å². The molecule has 1 rings (SSSR count). The van der Waals surface area contributed by atoms with Crippen LogP contribution >= 0.6 is 11.6 Å². The van der Waals surface area contributed by atoms with Crippen molar-refractivity contribution in [3.8, 4) is 12.3 Å². The first-order chi connectivity index (χ1) is 5.74. The highest BCUT2D eigenvalue weighted by Gasteiger charge is 2.03. The third-order valence-electron chi connectivity index (χ3n) is 1.61. The predicted octanol–water partition coefficient (Wildman–Crippen LogP) is 2.36. The van der Waals surface area contributed by atoms with E-state index in [0.29, 0.717) is 11.4 Å². The number of hydrogen-bond donors (Lipinski definition) is 1. The lowest BCUT2D eigenvalue weighted by Crippen LogP contribution is -2.08. The van der Waals surface area contributed by atoms with Gasteiger partial charge < -0.3 is 5.73 Å². The molecule has 62 valence electrons. The number of hydrogen-bond acceptors (Lipinski definition) is 1. The van der Waals surface area contributed by atoms with Gasteiger partial charge in [0.15, 0.2) is 0 Å². The molecule has 12 heavy (non-hydrogen) atoms. The van der Waals surface area contributed by atoms with Crippen LogP contribution in [0.15, 0.2) is 24.3 Å². The fourth-order valence-corrected chi connectivity index (χ4v) is 1.18. The summed E-state index contributed by atoms with van der Waals surface area (Å²) in [5.41, 5.74) is 6.76. The largest absolute Gasteiger partial charge is 0.323 e. The Balaban J connectivity index is 2.82. The minimum absolute atomic E-state index is 0.103. The van der Waals surface area contributed by atoms with Crippen LogP contribution in [0.5, 0.6) is 0 Å². The summed E-state index contributed by atoms with van der Waals surface area (Å²) in [6.45, 7) is 0. The van der Waals surface area contributed by atoms with Crippen LogP contribution in [0.4, 0.5) is 0 Å². The summed E-state index contributed by atoms with van der Waals surface area (Å²) >= 11 is 5.78. The molecule has 0 radical (unpaired) electrons. The molecule has 2 N–H and O–H groups in total. The van der Waals surface area contributed by atoms with Crippen molar-refractivity contribution in [1.29, 1.82) is 0 Å². The van der Waals surface area contributed by atoms with Crippen molar-refractivity contribution in [2.75, 3.05) is 0 Å². The lowest BCUT2D eigenvalue weighted by molar-refractivity contribution is 0.755. The first-order valence-electron chi connectivity index (χ1n) is 3.68. The number of rotatable bonds is 2. The topological polar surface area (TPSA) is 26.0 Å². The molecule has 0 saturated heterocycles. The second kappa shape index (κ2) is 4.15. The first kappa shape index (κ1) is 9.12. The monoisotopic (exact) mass is 179 g/mol. The minimum atomic E-state index is -0.103. The molecular weight excluding hydrogens is 170 g/mol. The van der Waals surface area contributed by atoms with Crippen molar-refractivity contribution in [2.45, 2.75) is 12.5 Å². The summed E-state index contributed by atoms with van der Waals surface area (Å²) in [4.78, 5) is 0. The normalized spacial score (nSPS) is 12.1. The van der Waals surface area contributed by atoms with E-state index in [2.05, 4.69) is 5.92 Å². The molecule has 0 fully saturated rings. The summed E-state index contributed by atoms with van der Waals surface area (Å²) in [7, 11) is 0. The fraction of sp³-hybridized carbons (Fsp3) is 0.200. The number of halogens is 1. The number of nitrogens with two attached hydrogens (primary N) is 1. The van der Waals surface area contributed by atoms with Crippen molar-refractivity contribution in [3.05, 3.63) is 34.9 Å². The van der Waals surface area contributed by atoms with E-state index in [4.69, 9.17) is 23.8 Å². The second-order valence-corrected chi connectivity index (χ2v) is 3.01. The summed E-state index contributed by atoms with van der Waals surface area (Å²) in [5, 5.41) is 0.694. The zero-order chi connectivity index (χ0) is 8.97. The Morgan fingerprint density at radius 3 is 2.92 bits per heavy atom. The number of terminal acetylenes is 1. The minimum Gasteiger partial charge on any atom is -0.323 e. The van der Waals surface area contributed by atoms with Gasteiger partial charge in [-0.3, -0.25) is 0 Å². The second-order valence-electron chi connectivity index (χ2n) is 2.57. The van der Waals surface area contributed by atoms with Gasteiger partial charge in [0.05, 0.1) is 0 Å². The fourth-order valence-electron chi connectivity index (χ4n) is 0.982. The van der Waals surface area contributed by atoms with Crippen molar-refractivity contribution in [2.24, 2.45) is 5.73 Å². The van der Waals surface area contributed by atoms with Gasteiger partial charge in [0.1, 0.15) is 0 Å². The van der Waals surface area contributed by atoms with E-state index in [1.807, 2.05) is 24.3 Å². The molecule has 1 atom stereocenters. The summed E-state index contributed by atoms with van der Waals surface area (Å²) in [6, 6.07) is 7.34. The van der Waals surface area contributed by atoms with Gasteiger partial charge in [-0.15, -0.1) is 12.3 Å². The average Bonchev–Trinajstić information content (AvgIpc) is 2.05. The van der Waals surface area contributed by atoms with Crippen molar-refractivity contribution < 1.29 is 0 Å². The van der Waals surface area contributed by atoms with E-state index in [9.17, 15) is 0 Å². The Labute approximate surface area is 77.5 Å². The Bertz CT molecular complexity index is 301. The average molecular weight is 180 g/mol. The molecule has 0 aromatic heterocycles. The summed E-state index contributed by atoms with van der Waals surface area (Å²) in [5.74, 6) is 2.52. The Hall–Kier alpha value is -0.970. The van der Waals surface area contributed by atoms with E-state index in [0.717, 1.165) is 5.56 Å². The maximum Gasteiger partial charge on any atom is 0.0409 e. The molecule has 0 aliphatic carbocycles. The third-order valence-corrected chi connectivity index (χ3v) is 1.85. The van der Waals surface area contributed by atoms with Crippen LogP contribution in [-0.2, 0) is 0 Å². The van der Waals surface area contributed by atoms with Gasteiger partial charge in [0, 0.05) is 17.5 Å². The molecule has 0 heterocycles. The van der Waals surface area contributed by atoms with Crippen LogP contribution in [0.25, 0.3) is 0 Å². The molecule has 0 aliphatic rings. The number of benzene rings is 1. The van der Waals surface area contributed by atoms with Gasteiger partial charge in [-0.1, -0.05) is 23.7 Å². The van der Waals surface area contributed by atoms with Gasteiger partial charge >= 0.3 is 0 Å². The van der Waals surface area contributed by atoms with E-state index >= 15 is 0 Å². The summed E-state index contributed by atoms with van der Waals surface area (Å²) < 4.78 is 0. The lowest BCUT2D eigenvalue weighted by Gasteiger charge is -2.07. The summed E-state index contributed by atoms with van der Waals surface area (Å²) in [6.07, 6.45) is 5.68. The highest BCUT2D eigenvalue weighted by molar-refractivity contribution is 6.30. The van der Waals surface area contributed by atoms with Gasteiger partial charge in [-0.2, -0.15) is 0 Å². The third kappa shape index (κ3) is 2.27. The van der Waals surface area contributed by atoms with E-state index < -0.39 is 0 Å². The molecule has 1 aromatic carbocycles. The van der Waals surface area contributed by atoms with E-state index in [-0.39, 0.29) is 6.04 Å². The molecule has 1 aromatic rings. The predicted molar refractivity (Wildman–Crippen MR) is 51.8 cm³/mol. The lowest BCUT2D eigenvalue weighted by atomic mass is 10.1. The molecule has 0 aliphatic heterocycles. The molecule has 0 saturated carbocycles. The van der Waals surface area contributed by atoms with Crippen LogP contribution < -0.4 is 5.73 Å².